The third-order valence-corrected chi connectivity index (χ3v) is 4.45. The molecule has 0 aromatic heterocycles. The molecule has 106 valence electrons. The van der Waals surface area contributed by atoms with Crippen molar-refractivity contribution in [2.45, 2.75) is 44.6 Å². The molecule has 4 nitrogen and oxygen atoms in total. The highest BCUT2D eigenvalue weighted by Crippen LogP contribution is 2.19. The summed E-state index contributed by atoms with van der Waals surface area (Å²) >= 11 is 1.79. The monoisotopic (exact) mass is 275 g/mol. The number of ether oxygens (including phenoxy) is 2. The number of hydrogen-bond donors (Lipinski definition) is 0. The highest BCUT2D eigenvalue weighted by atomic mass is 32.2. The van der Waals surface area contributed by atoms with Gasteiger partial charge in [0, 0.05) is 30.1 Å². The molecule has 0 aromatic carbocycles. The average Bonchev–Trinajstić information content (AvgIpc) is 2.36. The van der Waals surface area contributed by atoms with Gasteiger partial charge in [0.05, 0.1) is 26.2 Å². The van der Waals surface area contributed by atoms with E-state index in [0.717, 1.165) is 25.4 Å². The van der Waals surface area contributed by atoms with Crippen molar-refractivity contribution in [3.8, 4) is 0 Å². The number of morpholine rings is 1. The van der Waals surface area contributed by atoms with E-state index in [9.17, 15) is 4.79 Å². The molecule has 1 rings (SSSR count). The van der Waals surface area contributed by atoms with E-state index in [0.29, 0.717) is 12.5 Å². The van der Waals surface area contributed by atoms with Gasteiger partial charge in [-0.25, -0.2) is 0 Å². The predicted octanol–water partition coefficient (Wildman–Crippen LogP) is 1.78. The van der Waals surface area contributed by atoms with Gasteiger partial charge in [-0.3, -0.25) is 9.69 Å². The van der Waals surface area contributed by atoms with E-state index >= 15 is 0 Å². The Morgan fingerprint density at radius 2 is 2.22 bits per heavy atom. The molecule has 0 saturated carbocycles. The second kappa shape index (κ2) is 8.02. The van der Waals surface area contributed by atoms with Gasteiger partial charge in [0.25, 0.3) is 0 Å². The zero-order chi connectivity index (χ0) is 13.5. The molecule has 2 unspecified atom stereocenters. The molecule has 0 bridgehead atoms. The molecule has 0 N–H and O–H groups in total. The van der Waals surface area contributed by atoms with Crippen LogP contribution in [0, 0.1) is 0 Å². The van der Waals surface area contributed by atoms with Gasteiger partial charge in [0.1, 0.15) is 0 Å². The number of methoxy groups -OCH3 is 1. The fourth-order valence-electron chi connectivity index (χ4n) is 1.96. The normalized spacial score (nSPS) is 23.1. The quantitative estimate of drug-likeness (QED) is 0.691. The molecule has 0 amide bonds. The molecule has 0 aromatic rings. The first-order valence-electron chi connectivity index (χ1n) is 6.57. The molecule has 1 fully saturated rings. The molecule has 1 saturated heterocycles. The van der Waals surface area contributed by atoms with E-state index in [-0.39, 0.29) is 17.3 Å². The van der Waals surface area contributed by atoms with Gasteiger partial charge in [-0.15, -0.1) is 0 Å². The second-order valence-corrected chi connectivity index (χ2v) is 6.48. The number of rotatable bonds is 6. The molecule has 0 aliphatic carbocycles. The minimum absolute atomic E-state index is 0.136. The molecule has 0 radical (unpaired) electrons. The fraction of sp³-hybridized carbons (Fsp3) is 0.923. The van der Waals surface area contributed by atoms with Crippen LogP contribution >= 0.6 is 11.8 Å². The van der Waals surface area contributed by atoms with Gasteiger partial charge < -0.3 is 9.47 Å². The van der Waals surface area contributed by atoms with E-state index in [1.165, 1.54) is 7.11 Å². The van der Waals surface area contributed by atoms with Crippen molar-refractivity contribution in [3.05, 3.63) is 0 Å². The van der Waals surface area contributed by atoms with Crippen molar-refractivity contribution in [1.82, 2.24) is 4.90 Å². The Morgan fingerprint density at radius 1 is 1.50 bits per heavy atom. The number of nitrogens with zero attached hydrogens (tertiary/aromatic N) is 1. The maximum atomic E-state index is 11.1. The Kier molecular flexibility index (Phi) is 7.04. The first-order valence-corrected chi connectivity index (χ1v) is 7.62. The molecular weight excluding hydrogens is 250 g/mol. The molecule has 0 spiro atoms. The van der Waals surface area contributed by atoms with Crippen LogP contribution in [-0.2, 0) is 14.3 Å². The van der Waals surface area contributed by atoms with Crippen molar-refractivity contribution in [2.24, 2.45) is 0 Å². The maximum absolute atomic E-state index is 11.1. The summed E-state index contributed by atoms with van der Waals surface area (Å²) in [5.74, 6) is 0.810. The van der Waals surface area contributed by atoms with E-state index < -0.39 is 0 Å². The Bertz CT molecular complexity index is 261. The zero-order valence-corrected chi connectivity index (χ0v) is 12.7. The fourth-order valence-corrected chi connectivity index (χ4v) is 2.96. The second-order valence-electron chi connectivity index (χ2n) is 5.01. The largest absolute Gasteiger partial charge is 0.469 e. The van der Waals surface area contributed by atoms with Crippen molar-refractivity contribution >= 4 is 17.7 Å². The van der Waals surface area contributed by atoms with Crippen LogP contribution in [0.15, 0.2) is 0 Å². The van der Waals surface area contributed by atoms with Crippen LogP contribution in [0.1, 0.15) is 27.2 Å². The lowest BCUT2D eigenvalue weighted by Crippen LogP contribution is -2.46. The van der Waals surface area contributed by atoms with E-state index in [1.807, 2.05) is 0 Å². The van der Waals surface area contributed by atoms with Crippen molar-refractivity contribution in [3.63, 3.8) is 0 Å². The summed E-state index contributed by atoms with van der Waals surface area (Å²) in [5, 5.41) is 0.287. The number of carbonyl (C=O) groups excluding carboxylic acids is 1. The summed E-state index contributed by atoms with van der Waals surface area (Å²) in [4.78, 5) is 13.6. The van der Waals surface area contributed by atoms with Crippen molar-refractivity contribution < 1.29 is 14.3 Å². The highest BCUT2D eigenvalue weighted by molar-refractivity contribution is 7.99. The third-order valence-electron chi connectivity index (χ3n) is 3.15. The summed E-state index contributed by atoms with van der Waals surface area (Å²) in [6.45, 7) is 9.33. The molecular formula is C13H25NO3S. The van der Waals surface area contributed by atoms with Gasteiger partial charge in [-0.2, -0.15) is 11.8 Å². The Morgan fingerprint density at radius 3 is 2.83 bits per heavy atom. The summed E-state index contributed by atoms with van der Waals surface area (Å²) < 4.78 is 10.4. The van der Waals surface area contributed by atoms with Crippen LogP contribution in [0.5, 0.6) is 0 Å². The third kappa shape index (κ3) is 5.59. The van der Waals surface area contributed by atoms with Crippen LogP contribution in [0.4, 0.5) is 0 Å². The van der Waals surface area contributed by atoms with Gasteiger partial charge in [0.2, 0.25) is 0 Å². The van der Waals surface area contributed by atoms with Crippen LogP contribution < -0.4 is 0 Å². The highest BCUT2D eigenvalue weighted by Gasteiger charge is 2.23. The lowest BCUT2D eigenvalue weighted by atomic mass is 10.2. The van der Waals surface area contributed by atoms with Gasteiger partial charge in [-0.1, -0.05) is 6.92 Å². The Labute approximate surface area is 114 Å². The Hall–Kier alpha value is -0.260. The van der Waals surface area contributed by atoms with Crippen LogP contribution in [0.3, 0.4) is 0 Å². The molecule has 1 heterocycles. The number of carbonyl (C=O) groups is 1. The molecule has 1 aliphatic rings. The van der Waals surface area contributed by atoms with E-state index in [2.05, 4.69) is 30.4 Å². The van der Waals surface area contributed by atoms with Crippen molar-refractivity contribution in [2.75, 3.05) is 32.6 Å². The number of esters is 1. The van der Waals surface area contributed by atoms with Crippen LogP contribution in [0.2, 0.25) is 0 Å². The summed E-state index contributed by atoms with van der Waals surface area (Å²) in [5.41, 5.74) is 0. The molecule has 1 aliphatic heterocycles. The maximum Gasteiger partial charge on any atom is 0.306 e. The van der Waals surface area contributed by atoms with Crippen molar-refractivity contribution in [1.29, 1.82) is 0 Å². The first-order chi connectivity index (χ1) is 8.52. The topological polar surface area (TPSA) is 38.8 Å². The first kappa shape index (κ1) is 15.8. The van der Waals surface area contributed by atoms with Gasteiger partial charge in [0.15, 0.2) is 0 Å². The van der Waals surface area contributed by atoms with Crippen LogP contribution in [-0.4, -0.2) is 60.8 Å². The van der Waals surface area contributed by atoms with E-state index in [1.54, 1.807) is 11.8 Å². The summed E-state index contributed by atoms with van der Waals surface area (Å²) in [7, 11) is 1.44. The zero-order valence-electron chi connectivity index (χ0n) is 11.8. The van der Waals surface area contributed by atoms with E-state index in [4.69, 9.17) is 4.74 Å². The number of hydrogen-bond acceptors (Lipinski definition) is 5. The molecule has 5 heteroatoms. The minimum Gasteiger partial charge on any atom is -0.469 e. The molecule has 2 atom stereocenters. The number of thioether (sulfide) groups is 1. The van der Waals surface area contributed by atoms with Gasteiger partial charge in [-0.05, 0) is 13.8 Å². The Balaban J connectivity index is 2.24. The predicted molar refractivity (Wildman–Crippen MR) is 75.0 cm³/mol. The lowest BCUT2D eigenvalue weighted by molar-refractivity contribution is -0.140. The summed E-state index contributed by atoms with van der Waals surface area (Å²) in [6.07, 6.45) is 0.758. The minimum atomic E-state index is -0.136. The average molecular weight is 275 g/mol. The summed E-state index contributed by atoms with van der Waals surface area (Å²) in [6, 6.07) is 0.578. The molecule has 18 heavy (non-hydrogen) atoms. The lowest BCUT2D eigenvalue weighted by Gasteiger charge is -2.35. The SMILES string of the molecule is COC(=O)CC(C)SCC1CN(C(C)C)CCO1. The standard InChI is InChI=1S/C13H25NO3S/c1-10(2)14-5-6-17-12(8-14)9-18-11(3)7-13(15)16-4/h10-12H,5-9H2,1-4H3. The van der Waals surface area contributed by atoms with Gasteiger partial charge >= 0.3 is 5.97 Å². The van der Waals surface area contributed by atoms with Crippen LogP contribution in [0.25, 0.3) is 0 Å². The smallest absolute Gasteiger partial charge is 0.306 e.